The van der Waals surface area contributed by atoms with Crippen LogP contribution in [0.15, 0.2) is 17.6 Å². The molecule has 1 aromatic rings. The van der Waals surface area contributed by atoms with Crippen LogP contribution in [0, 0.1) is 0 Å². The Morgan fingerprint density at radius 3 is 2.78 bits per heavy atom. The highest BCUT2D eigenvalue weighted by molar-refractivity contribution is 7.99. The number of hydrogen-bond acceptors (Lipinski definition) is 4. The molecule has 0 N–H and O–H groups in total. The maximum absolute atomic E-state index is 11.5. The molecular formula is C12H20N2O2S2. The second-order valence-electron chi connectivity index (χ2n) is 4.81. The summed E-state index contributed by atoms with van der Waals surface area (Å²) < 4.78 is 24.7. The molecule has 0 spiro atoms. The van der Waals surface area contributed by atoms with E-state index in [1.54, 1.807) is 17.0 Å². The van der Waals surface area contributed by atoms with E-state index in [2.05, 4.69) is 4.98 Å². The first-order valence-electron chi connectivity index (χ1n) is 6.40. The van der Waals surface area contributed by atoms with Crippen molar-refractivity contribution in [3.63, 3.8) is 0 Å². The van der Waals surface area contributed by atoms with Crippen molar-refractivity contribution in [1.29, 1.82) is 0 Å². The Hall–Kier alpha value is -0.490. The highest BCUT2D eigenvalue weighted by Gasteiger charge is 2.16. The van der Waals surface area contributed by atoms with Crippen LogP contribution in [-0.2, 0) is 16.4 Å². The summed E-state index contributed by atoms with van der Waals surface area (Å²) in [5.74, 6) is 0.962. The van der Waals surface area contributed by atoms with E-state index >= 15 is 0 Å². The lowest BCUT2D eigenvalue weighted by atomic mass is 10.0. The molecule has 0 amide bonds. The number of rotatable bonds is 5. The van der Waals surface area contributed by atoms with E-state index in [-0.39, 0.29) is 5.16 Å². The van der Waals surface area contributed by atoms with Crippen molar-refractivity contribution >= 4 is 21.6 Å². The monoisotopic (exact) mass is 288 g/mol. The summed E-state index contributed by atoms with van der Waals surface area (Å²) in [4.78, 5) is 3.92. The second-order valence-corrected chi connectivity index (χ2v) is 8.12. The molecule has 2 rings (SSSR count). The number of thioether (sulfide) groups is 1. The quantitative estimate of drug-likeness (QED) is 0.834. The van der Waals surface area contributed by atoms with Crippen molar-refractivity contribution in [3.05, 3.63) is 12.4 Å². The molecule has 1 aliphatic rings. The summed E-state index contributed by atoms with van der Waals surface area (Å²) in [6, 6.07) is 0. The predicted octanol–water partition coefficient (Wildman–Crippen LogP) is 2.35. The number of nitrogens with zero attached hydrogens (tertiary/aromatic N) is 2. The average Bonchev–Trinajstić information content (AvgIpc) is 2.78. The third-order valence-electron chi connectivity index (χ3n) is 3.25. The van der Waals surface area contributed by atoms with Crippen LogP contribution in [0.2, 0.25) is 0 Å². The van der Waals surface area contributed by atoms with Crippen LogP contribution in [-0.4, -0.2) is 35.2 Å². The lowest BCUT2D eigenvalue weighted by Gasteiger charge is -2.21. The van der Waals surface area contributed by atoms with Crippen molar-refractivity contribution in [2.75, 3.05) is 12.0 Å². The Kier molecular flexibility index (Phi) is 4.72. The molecule has 1 fully saturated rings. The molecule has 0 saturated heterocycles. The molecule has 1 aliphatic carbocycles. The lowest BCUT2D eigenvalue weighted by molar-refractivity contribution is 0.515. The summed E-state index contributed by atoms with van der Waals surface area (Å²) in [6.45, 7) is 0.726. The van der Waals surface area contributed by atoms with Crippen molar-refractivity contribution < 1.29 is 8.42 Å². The van der Waals surface area contributed by atoms with Crippen LogP contribution in [0.4, 0.5) is 0 Å². The Morgan fingerprint density at radius 1 is 1.39 bits per heavy atom. The normalized spacial score (nSPS) is 18.1. The molecule has 18 heavy (non-hydrogen) atoms. The first-order chi connectivity index (χ1) is 8.57. The lowest BCUT2D eigenvalue weighted by Crippen LogP contribution is -2.13. The van der Waals surface area contributed by atoms with Gasteiger partial charge in [0.2, 0.25) is 15.0 Å². The number of aryl methyl sites for hydroxylation is 1. The van der Waals surface area contributed by atoms with Crippen LogP contribution in [0.1, 0.15) is 32.1 Å². The minimum absolute atomic E-state index is 0.187. The van der Waals surface area contributed by atoms with Gasteiger partial charge in [-0.15, -0.1) is 0 Å². The highest BCUT2D eigenvalue weighted by Crippen LogP contribution is 2.28. The summed E-state index contributed by atoms with van der Waals surface area (Å²) in [6.07, 6.45) is 11.2. The van der Waals surface area contributed by atoms with Crippen LogP contribution in [0.25, 0.3) is 0 Å². The van der Waals surface area contributed by atoms with E-state index in [9.17, 15) is 8.42 Å². The van der Waals surface area contributed by atoms with Gasteiger partial charge in [0.25, 0.3) is 0 Å². The van der Waals surface area contributed by atoms with Gasteiger partial charge in [-0.2, -0.15) is 11.8 Å². The maximum Gasteiger partial charge on any atom is 0.227 e. The third-order valence-corrected chi connectivity index (χ3v) is 5.61. The Morgan fingerprint density at radius 2 is 2.11 bits per heavy atom. The Balaban J connectivity index is 1.85. The highest BCUT2D eigenvalue weighted by atomic mass is 32.2. The average molecular weight is 288 g/mol. The molecule has 0 aromatic carbocycles. The van der Waals surface area contributed by atoms with E-state index in [4.69, 9.17) is 0 Å². The van der Waals surface area contributed by atoms with Crippen LogP contribution < -0.4 is 0 Å². The zero-order valence-corrected chi connectivity index (χ0v) is 12.3. The van der Waals surface area contributed by atoms with E-state index in [1.807, 2.05) is 11.8 Å². The smallest absolute Gasteiger partial charge is 0.227 e. The van der Waals surface area contributed by atoms with Gasteiger partial charge in [-0.1, -0.05) is 19.3 Å². The molecular weight excluding hydrogens is 268 g/mol. The molecule has 0 radical (unpaired) electrons. The van der Waals surface area contributed by atoms with E-state index < -0.39 is 9.84 Å². The van der Waals surface area contributed by atoms with Gasteiger partial charge < -0.3 is 4.57 Å². The fourth-order valence-electron chi connectivity index (χ4n) is 2.34. The third kappa shape index (κ3) is 3.75. The SMILES string of the molecule is CS(=O)(=O)c1nccn1CCSC1CCCCC1. The van der Waals surface area contributed by atoms with Crippen molar-refractivity contribution in [2.45, 2.75) is 49.1 Å². The van der Waals surface area contributed by atoms with Crippen molar-refractivity contribution in [1.82, 2.24) is 9.55 Å². The summed E-state index contributed by atoms with van der Waals surface area (Å²) >= 11 is 1.97. The first-order valence-corrected chi connectivity index (χ1v) is 9.34. The van der Waals surface area contributed by atoms with Gasteiger partial charge in [-0.3, -0.25) is 0 Å². The molecule has 6 heteroatoms. The predicted molar refractivity (Wildman–Crippen MR) is 74.7 cm³/mol. The second kappa shape index (κ2) is 6.10. The van der Waals surface area contributed by atoms with Gasteiger partial charge in [-0.25, -0.2) is 13.4 Å². The summed E-state index contributed by atoms with van der Waals surface area (Å²) in [5, 5.41) is 0.954. The molecule has 4 nitrogen and oxygen atoms in total. The zero-order valence-electron chi connectivity index (χ0n) is 10.7. The van der Waals surface area contributed by atoms with Crippen LogP contribution in [0.3, 0.4) is 0 Å². The van der Waals surface area contributed by atoms with Crippen molar-refractivity contribution in [2.24, 2.45) is 0 Å². The summed E-state index contributed by atoms with van der Waals surface area (Å²) in [7, 11) is -3.20. The van der Waals surface area contributed by atoms with Gasteiger partial charge in [0, 0.05) is 36.2 Å². The van der Waals surface area contributed by atoms with Gasteiger partial charge in [0.1, 0.15) is 0 Å². The summed E-state index contributed by atoms with van der Waals surface area (Å²) in [5.41, 5.74) is 0. The number of aromatic nitrogens is 2. The zero-order chi connectivity index (χ0) is 13.0. The molecule has 0 atom stereocenters. The Bertz CT molecular complexity index is 476. The van der Waals surface area contributed by atoms with Crippen LogP contribution in [0.5, 0.6) is 0 Å². The number of sulfone groups is 1. The fourth-order valence-corrected chi connectivity index (χ4v) is 4.48. The first kappa shape index (κ1) is 13.9. The molecule has 1 aromatic heterocycles. The number of hydrogen-bond donors (Lipinski definition) is 0. The fraction of sp³-hybridized carbons (Fsp3) is 0.750. The molecule has 102 valence electrons. The molecule has 1 heterocycles. The molecule has 0 bridgehead atoms. The van der Waals surface area contributed by atoms with E-state index in [1.165, 1.54) is 38.4 Å². The van der Waals surface area contributed by atoms with Gasteiger partial charge >= 0.3 is 0 Å². The van der Waals surface area contributed by atoms with Crippen molar-refractivity contribution in [3.8, 4) is 0 Å². The van der Waals surface area contributed by atoms with E-state index in [0.717, 1.165) is 17.5 Å². The molecule has 0 aliphatic heterocycles. The molecule has 1 saturated carbocycles. The van der Waals surface area contributed by atoms with Gasteiger partial charge in [0.15, 0.2) is 0 Å². The standard InChI is InChI=1S/C12H20N2O2S2/c1-18(15,16)12-13-7-8-14(12)9-10-17-11-5-3-2-4-6-11/h7-8,11H,2-6,9-10H2,1H3. The minimum atomic E-state index is -3.20. The van der Waals surface area contributed by atoms with Gasteiger partial charge in [-0.05, 0) is 12.8 Å². The topological polar surface area (TPSA) is 52.0 Å². The van der Waals surface area contributed by atoms with Gasteiger partial charge in [0.05, 0.1) is 0 Å². The Labute approximate surface area is 113 Å². The van der Waals surface area contributed by atoms with E-state index in [0.29, 0.717) is 0 Å². The number of imidazole rings is 1. The minimum Gasteiger partial charge on any atom is -0.321 e. The largest absolute Gasteiger partial charge is 0.321 e. The van der Waals surface area contributed by atoms with Crippen LogP contribution >= 0.6 is 11.8 Å². The molecule has 0 unspecified atom stereocenters. The maximum atomic E-state index is 11.5.